The fourth-order valence-electron chi connectivity index (χ4n) is 2.03. The van der Waals surface area contributed by atoms with E-state index in [4.69, 9.17) is 5.11 Å². The molecule has 1 aliphatic rings. The predicted molar refractivity (Wildman–Crippen MR) is 64.1 cm³/mol. The first-order valence-electron chi connectivity index (χ1n) is 6.29. The van der Waals surface area contributed by atoms with Crippen molar-refractivity contribution in [1.82, 2.24) is 10.6 Å². The molecule has 0 spiro atoms. The van der Waals surface area contributed by atoms with Crippen LogP contribution in [0.2, 0.25) is 0 Å². The van der Waals surface area contributed by atoms with Crippen molar-refractivity contribution in [3.05, 3.63) is 0 Å². The smallest absolute Gasteiger partial charge is 0.237 e. The van der Waals surface area contributed by atoms with Crippen molar-refractivity contribution in [2.75, 3.05) is 19.7 Å². The molecule has 4 nitrogen and oxygen atoms in total. The summed E-state index contributed by atoms with van der Waals surface area (Å²) in [6.45, 7) is 5.72. The van der Waals surface area contributed by atoms with Crippen molar-refractivity contribution in [2.45, 2.75) is 39.2 Å². The van der Waals surface area contributed by atoms with Gasteiger partial charge in [0.05, 0.1) is 6.04 Å². The molecule has 4 heteroatoms. The number of hydrogen-bond acceptors (Lipinski definition) is 3. The van der Waals surface area contributed by atoms with E-state index in [1.165, 1.54) is 6.42 Å². The number of aliphatic hydroxyl groups is 1. The van der Waals surface area contributed by atoms with Crippen LogP contribution < -0.4 is 10.6 Å². The maximum absolute atomic E-state index is 11.8. The normalized spacial score (nSPS) is 27.4. The van der Waals surface area contributed by atoms with Crippen molar-refractivity contribution >= 4 is 5.91 Å². The quantitative estimate of drug-likeness (QED) is 0.642. The van der Waals surface area contributed by atoms with Crippen molar-refractivity contribution in [1.29, 1.82) is 0 Å². The summed E-state index contributed by atoms with van der Waals surface area (Å²) < 4.78 is 0. The van der Waals surface area contributed by atoms with E-state index in [1.807, 2.05) is 6.92 Å². The molecular weight excluding hydrogens is 204 g/mol. The summed E-state index contributed by atoms with van der Waals surface area (Å²) in [5, 5.41) is 15.0. The average molecular weight is 228 g/mol. The van der Waals surface area contributed by atoms with E-state index in [0.29, 0.717) is 12.5 Å². The molecule has 3 unspecified atom stereocenters. The standard InChI is InChI=1S/C12H24N2O2/c1-3-10-4-5-13-11(6-10)12(16)14-7-9(2)8-15/h9-11,13,15H,3-8H2,1-2H3,(H,14,16). The van der Waals surface area contributed by atoms with Crippen molar-refractivity contribution in [3.63, 3.8) is 0 Å². The van der Waals surface area contributed by atoms with E-state index < -0.39 is 0 Å². The molecule has 3 atom stereocenters. The maximum atomic E-state index is 11.8. The van der Waals surface area contributed by atoms with Gasteiger partial charge in [0.15, 0.2) is 0 Å². The second kappa shape index (κ2) is 6.86. The molecule has 0 aliphatic carbocycles. The van der Waals surface area contributed by atoms with E-state index in [0.717, 1.165) is 19.4 Å². The van der Waals surface area contributed by atoms with E-state index in [1.54, 1.807) is 0 Å². The van der Waals surface area contributed by atoms with E-state index in [-0.39, 0.29) is 24.5 Å². The first-order chi connectivity index (χ1) is 7.67. The van der Waals surface area contributed by atoms with Gasteiger partial charge in [-0.3, -0.25) is 4.79 Å². The Bertz CT molecular complexity index is 221. The molecule has 1 amide bonds. The van der Waals surface area contributed by atoms with E-state index in [2.05, 4.69) is 17.6 Å². The van der Waals surface area contributed by atoms with Gasteiger partial charge in [0.2, 0.25) is 5.91 Å². The highest BCUT2D eigenvalue weighted by molar-refractivity contribution is 5.81. The minimum Gasteiger partial charge on any atom is -0.396 e. The van der Waals surface area contributed by atoms with Crippen LogP contribution in [0.3, 0.4) is 0 Å². The second-order valence-electron chi connectivity index (χ2n) is 4.84. The summed E-state index contributed by atoms with van der Waals surface area (Å²) >= 11 is 0. The molecule has 0 aromatic rings. The zero-order valence-electron chi connectivity index (χ0n) is 10.3. The fourth-order valence-corrected chi connectivity index (χ4v) is 2.03. The number of nitrogens with one attached hydrogen (secondary N) is 2. The van der Waals surface area contributed by atoms with Crippen LogP contribution in [0.15, 0.2) is 0 Å². The van der Waals surface area contributed by atoms with Crippen molar-refractivity contribution in [2.24, 2.45) is 11.8 Å². The molecule has 1 rings (SSSR count). The first kappa shape index (κ1) is 13.5. The summed E-state index contributed by atoms with van der Waals surface area (Å²) in [7, 11) is 0. The largest absolute Gasteiger partial charge is 0.396 e. The van der Waals surface area contributed by atoms with Crippen LogP contribution in [-0.2, 0) is 4.79 Å². The SMILES string of the molecule is CCC1CCNC(C(=O)NCC(C)CO)C1. The minimum absolute atomic E-state index is 0.0374. The lowest BCUT2D eigenvalue weighted by Crippen LogP contribution is -2.49. The van der Waals surface area contributed by atoms with Gasteiger partial charge in [-0.25, -0.2) is 0 Å². The lowest BCUT2D eigenvalue weighted by molar-refractivity contribution is -0.124. The fraction of sp³-hybridized carbons (Fsp3) is 0.917. The third kappa shape index (κ3) is 4.10. The zero-order chi connectivity index (χ0) is 12.0. The van der Waals surface area contributed by atoms with Gasteiger partial charge in [0, 0.05) is 13.2 Å². The van der Waals surface area contributed by atoms with E-state index in [9.17, 15) is 4.79 Å². The number of amides is 1. The van der Waals surface area contributed by atoms with Crippen LogP contribution in [0.4, 0.5) is 0 Å². The summed E-state index contributed by atoms with van der Waals surface area (Å²) in [6, 6.07) is -0.0374. The Kier molecular flexibility index (Phi) is 5.77. The molecule has 16 heavy (non-hydrogen) atoms. The van der Waals surface area contributed by atoms with Crippen molar-refractivity contribution < 1.29 is 9.90 Å². The van der Waals surface area contributed by atoms with Crippen molar-refractivity contribution in [3.8, 4) is 0 Å². The number of aliphatic hydroxyl groups excluding tert-OH is 1. The number of carbonyl (C=O) groups is 1. The molecule has 1 aliphatic heterocycles. The third-order valence-electron chi connectivity index (χ3n) is 3.34. The van der Waals surface area contributed by atoms with Gasteiger partial charge in [-0.15, -0.1) is 0 Å². The number of piperidine rings is 1. The van der Waals surface area contributed by atoms with Gasteiger partial charge < -0.3 is 15.7 Å². The molecule has 1 saturated heterocycles. The number of rotatable bonds is 5. The summed E-state index contributed by atoms with van der Waals surface area (Å²) in [4.78, 5) is 11.8. The first-order valence-corrected chi connectivity index (χ1v) is 6.29. The number of carbonyl (C=O) groups excluding carboxylic acids is 1. The Hall–Kier alpha value is -0.610. The van der Waals surface area contributed by atoms with Gasteiger partial charge in [-0.1, -0.05) is 20.3 Å². The average Bonchev–Trinajstić information content (AvgIpc) is 2.35. The van der Waals surface area contributed by atoms with Crippen LogP contribution in [0.5, 0.6) is 0 Å². The van der Waals surface area contributed by atoms with Crippen LogP contribution in [0.25, 0.3) is 0 Å². The molecule has 1 heterocycles. The summed E-state index contributed by atoms with van der Waals surface area (Å²) in [5.41, 5.74) is 0. The van der Waals surface area contributed by atoms with Crippen LogP contribution >= 0.6 is 0 Å². The maximum Gasteiger partial charge on any atom is 0.237 e. The van der Waals surface area contributed by atoms with Crippen LogP contribution in [0, 0.1) is 11.8 Å². The monoisotopic (exact) mass is 228 g/mol. The zero-order valence-corrected chi connectivity index (χ0v) is 10.3. The molecule has 0 radical (unpaired) electrons. The Morgan fingerprint density at radius 3 is 3.00 bits per heavy atom. The minimum atomic E-state index is -0.0374. The van der Waals surface area contributed by atoms with Gasteiger partial charge in [0.25, 0.3) is 0 Å². The summed E-state index contributed by atoms with van der Waals surface area (Å²) in [5.74, 6) is 0.889. The van der Waals surface area contributed by atoms with Gasteiger partial charge in [-0.2, -0.15) is 0 Å². The topological polar surface area (TPSA) is 61.4 Å². The molecule has 94 valence electrons. The lowest BCUT2D eigenvalue weighted by Gasteiger charge is -2.29. The lowest BCUT2D eigenvalue weighted by atomic mass is 9.90. The number of hydrogen-bond donors (Lipinski definition) is 3. The highest BCUT2D eigenvalue weighted by Gasteiger charge is 2.25. The van der Waals surface area contributed by atoms with Gasteiger partial charge in [0.1, 0.15) is 0 Å². The molecule has 0 aromatic heterocycles. The highest BCUT2D eigenvalue weighted by Crippen LogP contribution is 2.19. The molecule has 0 aromatic carbocycles. The third-order valence-corrected chi connectivity index (χ3v) is 3.34. The Balaban J connectivity index is 2.30. The van der Waals surface area contributed by atoms with Gasteiger partial charge in [-0.05, 0) is 31.2 Å². The Labute approximate surface area is 97.8 Å². The van der Waals surface area contributed by atoms with E-state index >= 15 is 0 Å². The van der Waals surface area contributed by atoms with Gasteiger partial charge >= 0.3 is 0 Å². The molecule has 3 N–H and O–H groups in total. The molecular formula is C12H24N2O2. The highest BCUT2D eigenvalue weighted by atomic mass is 16.3. The van der Waals surface area contributed by atoms with Crippen LogP contribution in [-0.4, -0.2) is 36.8 Å². The predicted octanol–water partition coefficient (Wildman–Crippen LogP) is 0.509. The second-order valence-corrected chi connectivity index (χ2v) is 4.84. The molecule has 1 fully saturated rings. The summed E-state index contributed by atoms with van der Waals surface area (Å²) in [6.07, 6.45) is 3.27. The Morgan fingerprint density at radius 1 is 1.62 bits per heavy atom. The van der Waals surface area contributed by atoms with Crippen LogP contribution in [0.1, 0.15) is 33.1 Å². The molecule has 0 bridgehead atoms. The molecule has 0 saturated carbocycles. The Morgan fingerprint density at radius 2 is 2.38 bits per heavy atom.